The molecule has 0 aromatic heterocycles. The molecule has 1 heterocycles. The van der Waals surface area contributed by atoms with Gasteiger partial charge < -0.3 is 4.79 Å². The summed E-state index contributed by atoms with van der Waals surface area (Å²) < 4.78 is 0. The molecule has 0 saturated carbocycles. The molecule has 0 N–H and O–H groups in total. The van der Waals surface area contributed by atoms with Crippen LogP contribution in [0, 0.1) is 0 Å². The van der Waals surface area contributed by atoms with E-state index in [0.29, 0.717) is 0 Å². The van der Waals surface area contributed by atoms with Gasteiger partial charge in [0.25, 0.3) is 0 Å². The predicted molar refractivity (Wildman–Crippen MR) is 49.0 cm³/mol. The summed E-state index contributed by atoms with van der Waals surface area (Å²) in [5.41, 5.74) is 0. The number of aldehydes is 1. The standard InChI is InChI=1S/C9H18N2O/c1-10(2)9(8-12)11-6-4-3-5-7-11/h8-9H,3-7H2,1-2H3. The highest BCUT2D eigenvalue weighted by Gasteiger charge is 2.20. The van der Waals surface area contributed by atoms with Crippen LogP contribution in [0.3, 0.4) is 0 Å². The Balaban J connectivity index is 2.45. The van der Waals surface area contributed by atoms with E-state index in [-0.39, 0.29) is 6.17 Å². The molecule has 0 amide bonds. The predicted octanol–water partition coefficient (Wildman–Crippen LogP) is 0.559. The monoisotopic (exact) mass is 170 g/mol. The van der Waals surface area contributed by atoms with Crippen LogP contribution in [0.2, 0.25) is 0 Å². The van der Waals surface area contributed by atoms with Gasteiger partial charge in [-0.2, -0.15) is 0 Å². The zero-order valence-corrected chi connectivity index (χ0v) is 7.99. The van der Waals surface area contributed by atoms with Crippen molar-refractivity contribution in [2.45, 2.75) is 25.4 Å². The van der Waals surface area contributed by atoms with Crippen molar-refractivity contribution in [3.63, 3.8) is 0 Å². The number of nitrogens with zero attached hydrogens (tertiary/aromatic N) is 2. The van der Waals surface area contributed by atoms with E-state index in [1.54, 1.807) is 0 Å². The number of likely N-dealkylation sites (N-methyl/N-ethyl adjacent to an activating group) is 1. The average molecular weight is 170 g/mol. The van der Waals surface area contributed by atoms with Gasteiger partial charge in [0.2, 0.25) is 0 Å². The van der Waals surface area contributed by atoms with Crippen molar-refractivity contribution in [2.24, 2.45) is 0 Å². The van der Waals surface area contributed by atoms with Crippen LogP contribution in [-0.4, -0.2) is 49.4 Å². The van der Waals surface area contributed by atoms with Gasteiger partial charge in [0.05, 0.1) is 0 Å². The molecular weight excluding hydrogens is 152 g/mol. The fourth-order valence-electron chi connectivity index (χ4n) is 1.72. The summed E-state index contributed by atoms with van der Waals surface area (Å²) in [5.74, 6) is 0. The number of hydrogen-bond donors (Lipinski definition) is 0. The van der Waals surface area contributed by atoms with E-state index in [2.05, 4.69) is 4.90 Å². The number of hydrogen-bond acceptors (Lipinski definition) is 3. The van der Waals surface area contributed by atoms with Crippen LogP contribution < -0.4 is 0 Å². The van der Waals surface area contributed by atoms with E-state index >= 15 is 0 Å². The molecular formula is C9H18N2O. The Morgan fingerprint density at radius 1 is 1.25 bits per heavy atom. The van der Waals surface area contributed by atoms with Crippen LogP contribution >= 0.6 is 0 Å². The van der Waals surface area contributed by atoms with Crippen LogP contribution in [0.4, 0.5) is 0 Å². The first-order chi connectivity index (χ1) is 5.75. The summed E-state index contributed by atoms with van der Waals surface area (Å²) in [7, 11) is 3.90. The third kappa shape index (κ3) is 2.29. The fraction of sp³-hybridized carbons (Fsp3) is 0.889. The van der Waals surface area contributed by atoms with Gasteiger partial charge in [-0.25, -0.2) is 0 Å². The Kier molecular flexibility index (Phi) is 3.69. The van der Waals surface area contributed by atoms with Gasteiger partial charge in [0.15, 0.2) is 6.29 Å². The lowest BCUT2D eigenvalue weighted by molar-refractivity contribution is -0.117. The van der Waals surface area contributed by atoms with Gasteiger partial charge in [-0.05, 0) is 26.9 Å². The van der Waals surface area contributed by atoms with Gasteiger partial charge in [-0.3, -0.25) is 9.80 Å². The molecule has 0 aliphatic carbocycles. The molecule has 1 atom stereocenters. The van der Waals surface area contributed by atoms with E-state index in [1.165, 1.54) is 19.3 Å². The van der Waals surface area contributed by atoms with E-state index in [1.807, 2.05) is 19.0 Å². The van der Waals surface area contributed by atoms with Gasteiger partial charge in [-0.15, -0.1) is 0 Å². The molecule has 70 valence electrons. The molecule has 3 nitrogen and oxygen atoms in total. The zero-order valence-electron chi connectivity index (χ0n) is 7.99. The molecule has 12 heavy (non-hydrogen) atoms. The molecule has 1 unspecified atom stereocenters. The molecule has 0 bridgehead atoms. The first-order valence-electron chi connectivity index (χ1n) is 4.61. The SMILES string of the molecule is CN(C)C(C=O)N1CCCCC1. The van der Waals surface area contributed by atoms with Gasteiger partial charge >= 0.3 is 0 Å². The van der Waals surface area contributed by atoms with Crippen molar-refractivity contribution >= 4 is 6.29 Å². The van der Waals surface area contributed by atoms with Crippen LogP contribution in [0.15, 0.2) is 0 Å². The van der Waals surface area contributed by atoms with Crippen molar-refractivity contribution in [3.8, 4) is 0 Å². The van der Waals surface area contributed by atoms with E-state index in [4.69, 9.17) is 0 Å². The van der Waals surface area contributed by atoms with E-state index < -0.39 is 0 Å². The smallest absolute Gasteiger partial charge is 0.151 e. The Morgan fingerprint density at radius 3 is 2.25 bits per heavy atom. The van der Waals surface area contributed by atoms with Crippen LogP contribution in [-0.2, 0) is 4.79 Å². The second-order valence-electron chi connectivity index (χ2n) is 3.61. The molecule has 1 aliphatic rings. The third-order valence-corrected chi connectivity index (χ3v) is 2.42. The maximum Gasteiger partial charge on any atom is 0.151 e. The number of likely N-dealkylation sites (tertiary alicyclic amines) is 1. The Bertz CT molecular complexity index is 141. The minimum atomic E-state index is -0.00898. The zero-order chi connectivity index (χ0) is 8.97. The van der Waals surface area contributed by atoms with Crippen molar-refractivity contribution in [1.29, 1.82) is 0 Å². The molecule has 1 rings (SSSR count). The van der Waals surface area contributed by atoms with Crippen LogP contribution in [0.25, 0.3) is 0 Å². The second-order valence-corrected chi connectivity index (χ2v) is 3.61. The molecule has 3 heteroatoms. The highest BCUT2D eigenvalue weighted by atomic mass is 16.1. The van der Waals surface area contributed by atoms with E-state index in [0.717, 1.165) is 19.4 Å². The van der Waals surface area contributed by atoms with E-state index in [9.17, 15) is 4.79 Å². The normalized spacial score (nSPS) is 22.6. The lowest BCUT2D eigenvalue weighted by atomic mass is 10.1. The average Bonchev–Trinajstić information content (AvgIpc) is 2.07. The Labute approximate surface area is 74.3 Å². The first-order valence-corrected chi connectivity index (χ1v) is 4.61. The Hall–Kier alpha value is -0.410. The quantitative estimate of drug-likeness (QED) is 0.578. The van der Waals surface area contributed by atoms with Crippen LogP contribution in [0.5, 0.6) is 0 Å². The first kappa shape index (κ1) is 9.68. The van der Waals surface area contributed by atoms with Crippen molar-refractivity contribution in [2.75, 3.05) is 27.2 Å². The molecule has 0 aromatic carbocycles. The summed E-state index contributed by atoms with van der Waals surface area (Å²) in [4.78, 5) is 15.0. The second kappa shape index (κ2) is 4.58. The van der Waals surface area contributed by atoms with Crippen molar-refractivity contribution in [3.05, 3.63) is 0 Å². The molecule has 1 aliphatic heterocycles. The topological polar surface area (TPSA) is 23.6 Å². The molecule has 1 fully saturated rings. The van der Waals surface area contributed by atoms with Gasteiger partial charge in [0, 0.05) is 13.1 Å². The summed E-state index contributed by atoms with van der Waals surface area (Å²) in [6, 6.07) is 0. The number of carbonyl (C=O) groups excluding carboxylic acids is 1. The highest BCUT2D eigenvalue weighted by Crippen LogP contribution is 2.11. The number of carbonyl (C=O) groups is 1. The maximum absolute atomic E-state index is 10.8. The maximum atomic E-state index is 10.8. The van der Waals surface area contributed by atoms with Gasteiger partial charge in [-0.1, -0.05) is 6.42 Å². The summed E-state index contributed by atoms with van der Waals surface area (Å²) in [6.07, 6.45) is 4.81. The summed E-state index contributed by atoms with van der Waals surface area (Å²) >= 11 is 0. The van der Waals surface area contributed by atoms with Crippen molar-refractivity contribution < 1.29 is 4.79 Å². The van der Waals surface area contributed by atoms with Crippen LogP contribution in [0.1, 0.15) is 19.3 Å². The lowest BCUT2D eigenvalue weighted by Gasteiger charge is -2.34. The number of piperidine rings is 1. The lowest BCUT2D eigenvalue weighted by Crippen LogP contribution is -2.48. The van der Waals surface area contributed by atoms with Crippen molar-refractivity contribution in [1.82, 2.24) is 9.80 Å². The molecule has 0 radical (unpaired) electrons. The minimum Gasteiger partial charge on any atom is -0.300 e. The highest BCUT2D eigenvalue weighted by molar-refractivity contribution is 5.56. The molecule has 0 spiro atoms. The summed E-state index contributed by atoms with van der Waals surface area (Å²) in [5, 5.41) is 0. The fourth-order valence-corrected chi connectivity index (χ4v) is 1.72. The van der Waals surface area contributed by atoms with Gasteiger partial charge in [0.1, 0.15) is 6.17 Å². The summed E-state index contributed by atoms with van der Waals surface area (Å²) in [6.45, 7) is 2.14. The minimum absolute atomic E-state index is 0.00898. The molecule has 0 aromatic rings. The number of rotatable bonds is 3. The third-order valence-electron chi connectivity index (χ3n) is 2.42. The Morgan fingerprint density at radius 2 is 1.83 bits per heavy atom. The largest absolute Gasteiger partial charge is 0.300 e. The molecule has 1 saturated heterocycles.